The van der Waals surface area contributed by atoms with Crippen LogP contribution in [-0.2, 0) is 13.1 Å². The number of rotatable bonds is 4. The van der Waals surface area contributed by atoms with Gasteiger partial charge in [-0.3, -0.25) is 14.3 Å². The first-order valence-electron chi connectivity index (χ1n) is 9.10. The van der Waals surface area contributed by atoms with Crippen LogP contribution in [0.25, 0.3) is 10.9 Å². The maximum atomic E-state index is 12.6. The van der Waals surface area contributed by atoms with Crippen molar-refractivity contribution in [3.05, 3.63) is 75.8 Å². The molecule has 134 valence electrons. The highest BCUT2D eigenvalue weighted by Crippen LogP contribution is 2.23. The van der Waals surface area contributed by atoms with Gasteiger partial charge in [-0.15, -0.1) is 0 Å². The molecule has 0 N–H and O–H groups in total. The molecule has 4 nitrogen and oxygen atoms in total. The van der Waals surface area contributed by atoms with Crippen molar-refractivity contribution in [2.45, 2.75) is 25.9 Å². The Bertz CT molecular complexity index is 961. The Kier molecular flexibility index (Phi) is 5.05. The largest absolute Gasteiger partial charge is 0.299 e. The summed E-state index contributed by atoms with van der Waals surface area (Å²) < 4.78 is 1.77. The van der Waals surface area contributed by atoms with Gasteiger partial charge >= 0.3 is 0 Å². The van der Waals surface area contributed by atoms with Crippen molar-refractivity contribution >= 4 is 22.5 Å². The molecule has 2 heterocycles. The molecular formula is C21H22ClN3O. The summed E-state index contributed by atoms with van der Waals surface area (Å²) in [6.45, 7) is 3.71. The molecular weight excluding hydrogens is 346 g/mol. The van der Waals surface area contributed by atoms with Gasteiger partial charge in [0.15, 0.2) is 0 Å². The number of hydrogen-bond acceptors (Lipinski definition) is 3. The molecule has 0 saturated carbocycles. The van der Waals surface area contributed by atoms with E-state index >= 15 is 0 Å². The first-order valence-corrected chi connectivity index (χ1v) is 9.48. The van der Waals surface area contributed by atoms with Crippen LogP contribution in [0.3, 0.4) is 0 Å². The average Bonchev–Trinajstić information content (AvgIpc) is 2.67. The van der Waals surface area contributed by atoms with Gasteiger partial charge in [0.05, 0.1) is 17.2 Å². The lowest BCUT2D eigenvalue weighted by Crippen LogP contribution is -2.36. The predicted molar refractivity (Wildman–Crippen MR) is 105 cm³/mol. The Morgan fingerprint density at radius 1 is 1.04 bits per heavy atom. The minimum Gasteiger partial charge on any atom is -0.299 e. The Morgan fingerprint density at radius 2 is 1.77 bits per heavy atom. The van der Waals surface area contributed by atoms with E-state index in [1.165, 1.54) is 5.56 Å². The zero-order chi connectivity index (χ0) is 17.9. The second kappa shape index (κ2) is 7.60. The van der Waals surface area contributed by atoms with Crippen molar-refractivity contribution < 1.29 is 0 Å². The highest BCUT2D eigenvalue weighted by molar-refractivity contribution is 6.31. The fourth-order valence-corrected chi connectivity index (χ4v) is 3.90. The van der Waals surface area contributed by atoms with Gasteiger partial charge < -0.3 is 0 Å². The first-order chi connectivity index (χ1) is 12.7. The topological polar surface area (TPSA) is 38.1 Å². The van der Waals surface area contributed by atoms with Gasteiger partial charge in [0, 0.05) is 18.1 Å². The van der Waals surface area contributed by atoms with Crippen molar-refractivity contribution in [3.8, 4) is 0 Å². The van der Waals surface area contributed by atoms with Crippen LogP contribution >= 0.6 is 11.6 Å². The summed E-state index contributed by atoms with van der Waals surface area (Å²) in [5.41, 5.74) is 2.01. The van der Waals surface area contributed by atoms with Crippen LogP contribution in [0, 0.1) is 5.92 Å². The molecule has 0 amide bonds. The van der Waals surface area contributed by atoms with E-state index < -0.39 is 0 Å². The zero-order valence-corrected chi connectivity index (χ0v) is 15.4. The lowest BCUT2D eigenvalue weighted by atomic mass is 9.96. The van der Waals surface area contributed by atoms with Crippen LogP contribution in [0.2, 0.25) is 5.02 Å². The standard InChI is InChI=1S/C21H22ClN3O/c22-19-7-3-1-5-17(19)14-24-11-9-16(10-12-24)13-25-15-23-20-8-4-2-6-18(20)21(25)26/h1-8,15-16H,9-14H2. The van der Waals surface area contributed by atoms with E-state index in [1.54, 1.807) is 10.9 Å². The van der Waals surface area contributed by atoms with E-state index in [0.29, 0.717) is 11.3 Å². The van der Waals surface area contributed by atoms with Gasteiger partial charge in [-0.2, -0.15) is 0 Å². The molecule has 1 saturated heterocycles. The predicted octanol–water partition coefficient (Wildman–Crippen LogP) is 3.96. The van der Waals surface area contributed by atoms with Crippen LogP contribution in [0.4, 0.5) is 0 Å². The van der Waals surface area contributed by atoms with Gasteiger partial charge in [0.2, 0.25) is 0 Å². The van der Waals surface area contributed by atoms with E-state index in [4.69, 9.17) is 11.6 Å². The van der Waals surface area contributed by atoms with E-state index in [9.17, 15) is 4.79 Å². The summed E-state index contributed by atoms with van der Waals surface area (Å²) in [7, 11) is 0. The number of para-hydroxylation sites is 1. The highest BCUT2D eigenvalue weighted by atomic mass is 35.5. The fourth-order valence-electron chi connectivity index (χ4n) is 3.71. The number of piperidine rings is 1. The summed E-state index contributed by atoms with van der Waals surface area (Å²) in [4.78, 5) is 19.5. The van der Waals surface area contributed by atoms with Gasteiger partial charge in [-0.25, -0.2) is 4.98 Å². The Balaban J connectivity index is 1.39. The molecule has 1 fully saturated rings. The third kappa shape index (κ3) is 3.67. The van der Waals surface area contributed by atoms with Crippen molar-refractivity contribution in [2.24, 2.45) is 5.92 Å². The molecule has 1 aliphatic rings. The number of aromatic nitrogens is 2. The molecule has 3 aromatic rings. The van der Waals surface area contributed by atoms with Gasteiger partial charge in [0.25, 0.3) is 5.56 Å². The van der Waals surface area contributed by atoms with Crippen molar-refractivity contribution in [1.82, 2.24) is 14.5 Å². The lowest BCUT2D eigenvalue weighted by molar-refractivity contribution is 0.166. The second-order valence-corrected chi connectivity index (χ2v) is 7.44. The van der Waals surface area contributed by atoms with Gasteiger partial charge in [0.1, 0.15) is 0 Å². The van der Waals surface area contributed by atoms with Crippen LogP contribution < -0.4 is 5.56 Å². The molecule has 0 aliphatic carbocycles. The second-order valence-electron chi connectivity index (χ2n) is 7.03. The maximum absolute atomic E-state index is 12.6. The molecule has 0 atom stereocenters. The molecule has 0 bridgehead atoms. The molecule has 0 spiro atoms. The van der Waals surface area contributed by atoms with Crippen molar-refractivity contribution in [2.75, 3.05) is 13.1 Å². The minimum absolute atomic E-state index is 0.0640. The summed E-state index contributed by atoms with van der Waals surface area (Å²) in [5.74, 6) is 0.512. The molecule has 5 heteroatoms. The summed E-state index contributed by atoms with van der Waals surface area (Å²) in [6, 6.07) is 15.6. The molecule has 0 unspecified atom stereocenters. The molecule has 26 heavy (non-hydrogen) atoms. The van der Waals surface area contributed by atoms with E-state index in [2.05, 4.69) is 16.0 Å². The smallest absolute Gasteiger partial charge is 0.261 e. The third-order valence-electron chi connectivity index (χ3n) is 5.25. The summed E-state index contributed by atoms with van der Waals surface area (Å²) in [5, 5.41) is 1.54. The molecule has 4 rings (SSSR count). The Labute approximate surface area is 158 Å². The van der Waals surface area contributed by atoms with Crippen molar-refractivity contribution in [1.29, 1.82) is 0 Å². The van der Waals surface area contributed by atoms with E-state index in [1.807, 2.05) is 42.5 Å². The number of hydrogen-bond donors (Lipinski definition) is 0. The fraction of sp³-hybridized carbons (Fsp3) is 0.333. The number of likely N-dealkylation sites (tertiary alicyclic amines) is 1. The number of fused-ring (bicyclic) bond motifs is 1. The third-order valence-corrected chi connectivity index (χ3v) is 5.61. The van der Waals surface area contributed by atoms with Crippen LogP contribution in [0.15, 0.2) is 59.7 Å². The normalized spacial score (nSPS) is 16.2. The van der Waals surface area contributed by atoms with Crippen LogP contribution in [0.1, 0.15) is 18.4 Å². The number of halogens is 1. The van der Waals surface area contributed by atoms with Crippen molar-refractivity contribution in [3.63, 3.8) is 0 Å². The van der Waals surface area contributed by atoms with Crippen LogP contribution in [-0.4, -0.2) is 27.5 Å². The highest BCUT2D eigenvalue weighted by Gasteiger charge is 2.20. The molecule has 2 aromatic carbocycles. The Hall–Kier alpha value is -2.17. The van der Waals surface area contributed by atoms with Gasteiger partial charge in [-0.05, 0) is 55.6 Å². The zero-order valence-electron chi connectivity index (χ0n) is 14.6. The molecule has 1 aliphatic heterocycles. The molecule has 0 radical (unpaired) electrons. The Morgan fingerprint density at radius 3 is 2.58 bits per heavy atom. The summed E-state index contributed by atoms with van der Waals surface area (Å²) in [6.07, 6.45) is 3.87. The summed E-state index contributed by atoms with van der Waals surface area (Å²) >= 11 is 6.27. The monoisotopic (exact) mass is 367 g/mol. The first kappa shape index (κ1) is 17.3. The average molecular weight is 368 g/mol. The maximum Gasteiger partial charge on any atom is 0.261 e. The SMILES string of the molecule is O=c1c2ccccc2ncn1CC1CCN(Cc2ccccc2Cl)CC1. The van der Waals surface area contributed by atoms with Gasteiger partial charge in [-0.1, -0.05) is 41.9 Å². The quantitative estimate of drug-likeness (QED) is 0.700. The lowest BCUT2D eigenvalue weighted by Gasteiger charge is -2.32. The van der Waals surface area contributed by atoms with E-state index in [0.717, 1.165) is 49.6 Å². The minimum atomic E-state index is 0.0640. The van der Waals surface area contributed by atoms with Crippen LogP contribution in [0.5, 0.6) is 0 Å². The number of nitrogens with zero attached hydrogens (tertiary/aromatic N) is 3. The molecule has 1 aromatic heterocycles. The number of benzene rings is 2. The van der Waals surface area contributed by atoms with E-state index in [-0.39, 0.29) is 5.56 Å².